The molecule has 0 aromatic carbocycles. The number of nitrogens with one attached hydrogen (secondary N) is 1. The molecule has 5 heteroatoms. The Morgan fingerprint density at radius 3 is 2.76 bits per heavy atom. The fourth-order valence-electron chi connectivity index (χ4n) is 1.35. The molecule has 0 aliphatic rings. The van der Waals surface area contributed by atoms with E-state index >= 15 is 0 Å². The van der Waals surface area contributed by atoms with E-state index in [9.17, 15) is 4.79 Å². The van der Waals surface area contributed by atoms with Crippen LogP contribution in [0.5, 0.6) is 0 Å². The van der Waals surface area contributed by atoms with Gasteiger partial charge in [-0.2, -0.15) is 0 Å². The second-order valence-corrected chi connectivity index (χ2v) is 6.11. The highest BCUT2D eigenvalue weighted by molar-refractivity contribution is 9.11. The molecular weight excluding hydrogens is 300 g/mol. The molecule has 2 aromatic heterocycles. The van der Waals surface area contributed by atoms with Crippen molar-refractivity contribution in [3.63, 3.8) is 0 Å². The highest BCUT2D eigenvalue weighted by Gasteiger charge is 2.11. The Morgan fingerprint density at radius 1 is 1.41 bits per heavy atom. The van der Waals surface area contributed by atoms with Crippen LogP contribution in [0.15, 0.2) is 28.2 Å². The molecule has 0 aliphatic carbocycles. The number of carbonyl (C=O) groups excluding carboxylic acids is 1. The van der Waals surface area contributed by atoms with E-state index in [2.05, 4.69) is 26.2 Å². The Morgan fingerprint density at radius 2 is 2.18 bits per heavy atom. The monoisotopic (exact) mass is 310 g/mol. The molecule has 1 amide bonds. The SMILES string of the molecule is Cc1ccnc(NC(=O)c2cc(C)c(Br)s2)c1. The number of anilines is 1. The van der Waals surface area contributed by atoms with E-state index in [1.807, 2.05) is 32.0 Å². The summed E-state index contributed by atoms with van der Waals surface area (Å²) >= 11 is 4.83. The van der Waals surface area contributed by atoms with Gasteiger partial charge in [0.05, 0.1) is 8.66 Å². The van der Waals surface area contributed by atoms with Gasteiger partial charge in [-0.3, -0.25) is 4.79 Å². The van der Waals surface area contributed by atoms with Crippen LogP contribution in [0, 0.1) is 13.8 Å². The first-order chi connectivity index (χ1) is 8.06. The van der Waals surface area contributed by atoms with Gasteiger partial charge in [-0.25, -0.2) is 4.98 Å². The Bertz CT molecular complexity index is 546. The third-order valence-corrected chi connectivity index (χ3v) is 4.37. The molecule has 0 atom stereocenters. The van der Waals surface area contributed by atoms with Gasteiger partial charge < -0.3 is 5.32 Å². The zero-order valence-electron chi connectivity index (χ0n) is 9.45. The Hall–Kier alpha value is -1.20. The van der Waals surface area contributed by atoms with Crippen molar-refractivity contribution >= 4 is 39.0 Å². The normalized spacial score (nSPS) is 10.3. The lowest BCUT2D eigenvalue weighted by molar-refractivity contribution is 0.103. The van der Waals surface area contributed by atoms with Crippen LogP contribution in [0.25, 0.3) is 0 Å². The molecular formula is C12H11BrN2OS. The average Bonchev–Trinajstić information content (AvgIpc) is 2.59. The second kappa shape index (κ2) is 4.98. The predicted molar refractivity (Wildman–Crippen MR) is 73.7 cm³/mol. The van der Waals surface area contributed by atoms with E-state index in [1.54, 1.807) is 6.20 Å². The minimum absolute atomic E-state index is 0.123. The van der Waals surface area contributed by atoms with Gasteiger partial charge in [-0.1, -0.05) is 0 Å². The molecule has 0 radical (unpaired) electrons. The van der Waals surface area contributed by atoms with E-state index in [1.165, 1.54) is 11.3 Å². The van der Waals surface area contributed by atoms with Crippen molar-refractivity contribution in [2.24, 2.45) is 0 Å². The summed E-state index contributed by atoms with van der Waals surface area (Å²) in [6, 6.07) is 5.59. The molecule has 2 aromatic rings. The number of rotatable bonds is 2. The van der Waals surface area contributed by atoms with E-state index in [0.29, 0.717) is 10.7 Å². The van der Waals surface area contributed by atoms with Gasteiger partial charge in [0, 0.05) is 6.20 Å². The quantitative estimate of drug-likeness (QED) is 0.917. The number of carbonyl (C=O) groups is 1. The molecule has 0 fully saturated rings. The van der Waals surface area contributed by atoms with Crippen molar-refractivity contribution in [3.05, 3.63) is 44.2 Å². The van der Waals surface area contributed by atoms with Crippen LogP contribution >= 0.6 is 27.3 Å². The van der Waals surface area contributed by atoms with Gasteiger partial charge >= 0.3 is 0 Å². The molecule has 0 bridgehead atoms. The van der Waals surface area contributed by atoms with E-state index in [0.717, 1.165) is 14.9 Å². The minimum Gasteiger partial charge on any atom is -0.306 e. The molecule has 88 valence electrons. The van der Waals surface area contributed by atoms with Crippen molar-refractivity contribution in [2.75, 3.05) is 5.32 Å². The Balaban J connectivity index is 2.17. The molecule has 2 rings (SSSR count). The van der Waals surface area contributed by atoms with Crippen LogP contribution in [-0.4, -0.2) is 10.9 Å². The fourth-order valence-corrected chi connectivity index (χ4v) is 2.78. The first-order valence-electron chi connectivity index (χ1n) is 5.06. The van der Waals surface area contributed by atoms with Crippen molar-refractivity contribution in [1.29, 1.82) is 0 Å². The van der Waals surface area contributed by atoms with E-state index in [4.69, 9.17) is 0 Å². The van der Waals surface area contributed by atoms with Gasteiger partial charge in [0.2, 0.25) is 0 Å². The predicted octanol–water partition coefficient (Wildman–Crippen LogP) is 3.77. The second-order valence-electron chi connectivity index (χ2n) is 3.74. The minimum atomic E-state index is -0.123. The number of amides is 1. The average molecular weight is 311 g/mol. The number of aromatic nitrogens is 1. The highest BCUT2D eigenvalue weighted by atomic mass is 79.9. The first-order valence-corrected chi connectivity index (χ1v) is 6.67. The number of pyridine rings is 1. The molecule has 1 N–H and O–H groups in total. The number of halogens is 1. The van der Waals surface area contributed by atoms with E-state index in [-0.39, 0.29) is 5.91 Å². The molecule has 17 heavy (non-hydrogen) atoms. The van der Waals surface area contributed by atoms with Crippen LogP contribution in [-0.2, 0) is 0 Å². The zero-order chi connectivity index (χ0) is 12.4. The molecule has 2 heterocycles. The number of thiophene rings is 1. The summed E-state index contributed by atoms with van der Waals surface area (Å²) in [5.41, 5.74) is 2.14. The largest absolute Gasteiger partial charge is 0.306 e. The van der Waals surface area contributed by atoms with Gasteiger partial charge in [0.25, 0.3) is 5.91 Å². The number of hydrogen-bond acceptors (Lipinski definition) is 3. The number of hydrogen-bond donors (Lipinski definition) is 1. The van der Waals surface area contributed by atoms with Crippen LogP contribution < -0.4 is 5.32 Å². The lowest BCUT2D eigenvalue weighted by atomic mass is 10.3. The molecule has 0 unspecified atom stereocenters. The van der Waals surface area contributed by atoms with Crippen molar-refractivity contribution in [2.45, 2.75) is 13.8 Å². The molecule has 0 saturated carbocycles. The van der Waals surface area contributed by atoms with Gasteiger partial charge in [-0.05, 0) is 59.1 Å². The summed E-state index contributed by atoms with van der Waals surface area (Å²) in [6.45, 7) is 3.92. The summed E-state index contributed by atoms with van der Waals surface area (Å²) in [6.07, 6.45) is 1.68. The summed E-state index contributed by atoms with van der Waals surface area (Å²) in [5.74, 6) is 0.457. The highest BCUT2D eigenvalue weighted by Crippen LogP contribution is 2.27. The van der Waals surface area contributed by atoms with Crippen LogP contribution in [0.4, 0.5) is 5.82 Å². The lowest BCUT2D eigenvalue weighted by Crippen LogP contribution is -2.11. The molecule has 0 aliphatic heterocycles. The maximum Gasteiger partial charge on any atom is 0.266 e. The number of aryl methyl sites for hydroxylation is 2. The number of nitrogens with zero attached hydrogens (tertiary/aromatic N) is 1. The topological polar surface area (TPSA) is 42.0 Å². The summed E-state index contributed by atoms with van der Waals surface area (Å²) in [5, 5.41) is 2.78. The first kappa shape index (κ1) is 12.3. The molecule has 0 spiro atoms. The smallest absolute Gasteiger partial charge is 0.266 e. The summed E-state index contributed by atoms with van der Waals surface area (Å²) in [4.78, 5) is 16.7. The maximum atomic E-state index is 11.9. The van der Waals surface area contributed by atoms with Crippen LogP contribution in [0.2, 0.25) is 0 Å². The lowest BCUT2D eigenvalue weighted by Gasteiger charge is -2.02. The summed E-state index contributed by atoms with van der Waals surface area (Å²) < 4.78 is 0.986. The maximum absolute atomic E-state index is 11.9. The van der Waals surface area contributed by atoms with Gasteiger partial charge in [0.1, 0.15) is 5.82 Å². The van der Waals surface area contributed by atoms with Crippen molar-refractivity contribution in [3.8, 4) is 0 Å². The summed E-state index contributed by atoms with van der Waals surface area (Å²) in [7, 11) is 0. The van der Waals surface area contributed by atoms with Crippen LogP contribution in [0.1, 0.15) is 20.8 Å². The standard InChI is InChI=1S/C12H11BrN2OS/c1-7-3-4-14-10(5-7)15-12(16)9-6-8(2)11(13)17-9/h3-6H,1-2H3,(H,14,15,16). The Kier molecular flexibility index (Phi) is 3.59. The van der Waals surface area contributed by atoms with Gasteiger partial charge in [0.15, 0.2) is 0 Å². The molecule has 0 saturated heterocycles. The third-order valence-electron chi connectivity index (χ3n) is 2.24. The Labute approximate surface area is 112 Å². The zero-order valence-corrected chi connectivity index (χ0v) is 11.9. The fraction of sp³-hybridized carbons (Fsp3) is 0.167. The van der Waals surface area contributed by atoms with Crippen LogP contribution in [0.3, 0.4) is 0 Å². The third kappa shape index (κ3) is 2.92. The van der Waals surface area contributed by atoms with Crippen molar-refractivity contribution < 1.29 is 4.79 Å². The molecule has 3 nitrogen and oxygen atoms in total. The van der Waals surface area contributed by atoms with Gasteiger partial charge in [-0.15, -0.1) is 11.3 Å². The van der Waals surface area contributed by atoms with E-state index < -0.39 is 0 Å². The van der Waals surface area contributed by atoms with Crippen molar-refractivity contribution in [1.82, 2.24) is 4.98 Å².